The molecular formula is C9H15F3N4O. The van der Waals surface area contributed by atoms with Gasteiger partial charge in [-0.05, 0) is 7.05 Å². The lowest BCUT2D eigenvalue weighted by Gasteiger charge is -2.21. The van der Waals surface area contributed by atoms with Gasteiger partial charge in [0.15, 0.2) is 5.82 Å². The van der Waals surface area contributed by atoms with Crippen LogP contribution >= 0.6 is 0 Å². The highest BCUT2D eigenvalue weighted by atomic mass is 19.4. The van der Waals surface area contributed by atoms with E-state index in [1.165, 1.54) is 4.90 Å². The van der Waals surface area contributed by atoms with Gasteiger partial charge >= 0.3 is 6.18 Å². The van der Waals surface area contributed by atoms with Crippen molar-refractivity contribution in [3.63, 3.8) is 0 Å². The zero-order chi connectivity index (χ0) is 12.9. The number of nitrogens with one attached hydrogen (secondary N) is 1. The Morgan fingerprint density at radius 3 is 2.59 bits per heavy atom. The highest BCUT2D eigenvalue weighted by Crippen LogP contribution is 2.17. The maximum atomic E-state index is 12.3. The summed E-state index contributed by atoms with van der Waals surface area (Å²) in [5.74, 6) is 0.614. The van der Waals surface area contributed by atoms with Gasteiger partial charge in [0, 0.05) is 20.0 Å². The molecular weight excluding hydrogens is 237 g/mol. The fourth-order valence-corrected chi connectivity index (χ4v) is 1.34. The Morgan fingerprint density at radius 2 is 2.12 bits per heavy atom. The molecule has 0 spiro atoms. The van der Waals surface area contributed by atoms with Gasteiger partial charge < -0.3 is 9.84 Å². The van der Waals surface area contributed by atoms with E-state index < -0.39 is 12.7 Å². The molecule has 0 aromatic carbocycles. The molecule has 0 saturated heterocycles. The fraction of sp³-hybridized carbons (Fsp3) is 0.778. The van der Waals surface area contributed by atoms with E-state index >= 15 is 0 Å². The SMILES string of the molecule is CNCCN(Cc1noc(C)n1)CC(F)(F)F. The van der Waals surface area contributed by atoms with E-state index in [0.29, 0.717) is 12.4 Å². The highest BCUT2D eigenvalue weighted by molar-refractivity contribution is 4.84. The van der Waals surface area contributed by atoms with E-state index in [-0.39, 0.29) is 18.9 Å². The third-order valence-corrected chi connectivity index (χ3v) is 2.02. The van der Waals surface area contributed by atoms with E-state index in [0.717, 1.165) is 0 Å². The summed E-state index contributed by atoms with van der Waals surface area (Å²) in [6.07, 6.45) is -4.23. The Kier molecular flexibility index (Phi) is 4.88. The molecule has 1 aromatic rings. The molecule has 17 heavy (non-hydrogen) atoms. The van der Waals surface area contributed by atoms with Crippen molar-refractivity contribution >= 4 is 0 Å². The molecule has 0 unspecified atom stereocenters. The first-order valence-electron chi connectivity index (χ1n) is 5.13. The first-order chi connectivity index (χ1) is 7.90. The lowest BCUT2D eigenvalue weighted by atomic mass is 10.4. The zero-order valence-electron chi connectivity index (χ0n) is 9.71. The number of nitrogens with zero attached hydrogens (tertiary/aromatic N) is 3. The molecule has 1 N–H and O–H groups in total. The van der Waals surface area contributed by atoms with Crippen molar-refractivity contribution in [3.8, 4) is 0 Å². The van der Waals surface area contributed by atoms with Crippen molar-refractivity contribution < 1.29 is 17.7 Å². The van der Waals surface area contributed by atoms with Gasteiger partial charge in [-0.2, -0.15) is 18.2 Å². The second-order valence-corrected chi connectivity index (χ2v) is 3.66. The van der Waals surface area contributed by atoms with Crippen LogP contribution in [0, 0.1) is 6.92 Å². The second kappa shape index (κ2) is 5.97. The number of likely N-dealkylation sites (N-methyl/N-ethyl adjacent to an activating group) is 1. The topological polar surface area (TPSA) is 54.2 Å². The molecule has 0 aliphatic heterocycles. The zero-order valence-corrected chi connectivity index (χ0v) is 9.71. The summed E-state index contributed by atoms with van der Waals surface area (Å²) in [6.45, 7) is 1.37. The van der Waals surface area contributed by atoms with Crippen LogP contribution < -0.4 is 5.32 Å². The molecule has 98 valence electrons. The molecule has 0 aliphatic carbocycles. The Bertz CT molecular complexity index is 339. The van der Waals surface area contributed by atoms with Crippen LogP contribution in [-0.4, -0.2) is 47.9 Å². The van der Waals surface area contributed by atoms with E-state index in [4.69, 9.17) is 4.52 Å². The summed E-state index contributed by atoms with van der Waals surface area (Å²) < 4.78 is 41.7. The van der Waals surface area contributed by atoms with Crippen LogP contribution in [0.4, 0.5) is 13.2 Å². The van der Waals surface area contributed by atoms with Gasteiger partial charge in [0.25, 0.3) is 0 Å². The molecule has 1 rings (SSSR count). The van der Waals surface area contributed by atoms with Gasteiger partial charge in [-0.1, -0.05) is 5.16 Å². The van der Waals surface area contributed by atoms with Crippen molar-refractivity contribution in [2.24, 2.45) is 0 Å². The molecule has 0 aliphatic rings. The summed E-state index contributed by atoms with van der Waals surface area (Å²) in [5.41, 5.74) is 0. The fourth-order valence-electron chi connectivity index (χ4n) is 1.34. The normalized spacial score (nSPS) is 12.4. The Hall–Kier alpha value is -1.15. The molecule has 0 atom stereocenters. The van der Waals surface area contributed by atoms with Crippen molar-refractivity contribution in [1.29, 1.82) is 0 Å². The maximum Gasteiger partial charge on any atom is 0.401 e. The van der Waals surface area contributed by atoms with Crippen molar-refractivity contribution in [1.82, 2.24) is 20.4 Å². The van der Waals surface area contributed by atoms with Gasteiger partial charge in [-0.15, -0.1) is 0 Å². The number of halogens is 3. The Labute approximate surface area is 97.0 Å². The molecule has 1 heterocycles. The Balaban J connectivity index is 2.56. The van der Waals surface area contributed by atoms with Gasteiger partial charge in [0.2, 0.25) is 5.89 Å². The van der Waals surface area contributed by atoms with Gasteiger partial charge in [-0.25, -0.2) is 0 Å². The lowest BCUT2D eigenvalue weighted by molar-refractivity contribution is -0.147. The van der Waals surface area contributed by atoms with E-state index in [2.05, 4.69) is 15.5 Å². The number of hydrogen-bond acceptors (Lipinski definition) is 5. The maximum absolute atomic E-state index is 12.3. The molecule has 0 amide bonds. The Morgan fingerprint density at radius 1 is 1.41 bits per heavy atom. The summed E-state index contributed by atoms with van der Waals surface area (Å²) in [6, 6.07) is 0. The second-order valence-electron chi connectivity index (χ2n) is 3.66. The van der Waals surface area contributed by atoms with Gasteiger partial charge in [0.05, 0.1) is 13.1 Å². The quantitative estimate of drug-likeness (QED) is 0.817. The van der Waals surface area contributed by atoms with Crippen LogP contribution in [0.15, 0.2) is 4.52 Å². The van der Waals surface area contributed by atoms with E-state index in [1.807, 2.05) is 0 Å². The third kappa shape index (κ3) is 5.64. The molecule has 0 bridgehead atoms. The number of rotatable bonds is 6. The molecule has 8 heteroatoms. The number of hydrogen-bond donors (Lipinski definition) is 1. The van der Waals surface area contributed by atoms with Gasteiger partial charge in [-0.3, -0.25) is 4.90 Å². The smallest absolute Gasteiger partial charge is 0.340 e. The largest absolute Gasteiger partial charge is 0.401 e. The third-order valence-electron chi connectivity index (χ3n) is 2.02. The average molecular weight is 252 g/mol. The van der Waals surface area contributed by atoms with Crippen LogP contribution in [0.25, 0.3) is 0 Å². The lowest BCUT2D eigenvalue weighted by Crippen LogP contribution is -2.38. The first kappa shape index (κ1) is 13.9. The molecule has 5 nitrogen and oxygen atoms in total. The predicted octanol–water partition coefficient (Wildman–Crippen LogP) is 0.962. The van der Waals surface area contributed by atoms with Crippen LogP contribution in [0.2, 0.25) is 0 Å². The van der Waals surface area contributed by atoms with Crippen molar-refractivity contribution in [2.75, 3.05) is 26.7 Å². The van der Waals surface area contributed by atoms with E-state index in [9.17, 15) is 13.2 Å². The predicted molar refractivity (Wildman–Crippen MR) is 54.3 cm³/mol. The summed E-state index contributed by atoms with van der Waals surface area (Å²) in [7, 11) is 1.68. The molecule has 0 fully saturated rings. The van der Waals surface area contributed by atoms with Gasteiger partial charge in [0.1, 0.15) is 0 Å². The highest BCUT2D eigenvalue weighted by Gasteiger charge is 2.31. The summed E-state index contributed by atoms with van der Waals surface area (Å²) in [5, 5.41) is 6.38. The van der Waals surface area contributed by atoms with Crippen LogP contribution in [0.3, 0.4) is 0 Å². The standard InChI is InChI=1S/C9H15F3N4O/c1-7-14-8(15-17-7)5-16(4-3-13-2)6-9(10,11)12/h13H,3-6H2,1-2H3. The summed E-state index contributed by atoms with van der Waals surface area (Å²) in [4.78, 5) is 5.10. The molecule has 0 saturated carbocycles. The monoisotopic (exact) mass is 252 g/mol. The molecule has 1 aromatic heterocycles. The number of aryl methyl sites for hydroxylation is 1. The van der Waals surface area contributed by atoms with Crippen molar-refractivity contribution in [3.05, 3.63) is 11.7 Å². The minimum absolute atomic E-state index is 0.0263. The van der Waals surface area contributed by atoms with Crippen LogP contribution in [0.5, 0.6) is 0 Å². The summed E-state index contributed by atoms with van der Waals surface area (Å²) >= 11 is 0. The first-order valence-corrected chi connectivity index (χ1v) is 5.13. The van der Waals surface area contributed by atoms with Crippen LogP contribution in [0.1, 0.15) is 11.7 Å². The molecule has 0 radical (unpaired) electrons. The minimum atomic E-state index is -4.23. The van der Waals surface area contributed by atoms with E-state index in [1.54, 1.807) is 14.0 Å². The average Bonchev–Trinajstić information content (AvgIpc) is 2.58. The van der Waals surface area contributed by atoms with Crippen LogP contribution in [-0.2, 0) is 6.54 Å². The number of aromatic nitrogens is 2. The number of alkyl halides is 3. The minimum Gasteiger partial charge on any atom is -0.340 e. The van der Waals surface area contributed by atoms with Crippen molar-refractivity contribution in [2.45, 2.75) is 19.6 Å².